The van der Waals surface area contributed by atoms with E-state index in [1.807, 2.05) is 19.9 Å². The summed E-state index contributed by atoms with van der Waals surface area (Å²) in [6.45, 7) is 7.07. The van der Waals surface area contributed by atoms with Crippen molar-refractivity contribution in [3.8, 4) is 0 Å². The molecule has 2 aromatic rings. The lowest BCUT2D eigenvalue weighted by molar-refractivity contribution is -0.0328. The highest BCUT2D eigenvalue weighted by Gasteiger charge is 2.29. The number of hydrogen-bond acceptors (Lipinski definition) is 3. The first-order valence-electron chi connectivity index (χ1n) is 7.37. The molecule has 0 saturated carbocycles. The molecule has 0 radical (unpaired) electrons. The number of halogens is 3. The zero-order chi connectivity index (χ0) is 19.0. The van der Waals surface area contributed by atoms with E-state index in [1.54, 1.807) is 13.8 Å². The maximum Gasteiger partial charge on any atom is 0.446 e. The molecule has 136 valence electrons. The third kappa shape index (κ3) is 4.70. The number of hydrogen-bond donors (Lipinski definition) is 1. The van der Waals surface area contributed by atoms with Crippen molar-refractivity contribution < 1.29 is 21.6 Å². The van der Waals surface area contributed by atoms with Crippen LogP contribution in [0.1, 0.15) is 22.3 Å². The second-order valence-corrected chi connectivity index (χ2v) is 8.53. The van der Waals surface area contributed by atoms with E-state index in [-0.39, 0.29) is 27.2 Å². The number of rotatable bonds is 4. The average Bonchev–Trinajstić information content (AvgIpc) is 2.43. The molecule has 0 aromatic heterocycles. The molecule has 0 fully saturated rings. The zero-order valence-corrected chi connectivity index (χ0v) is 15.8. The highest BCUT2D eigenvalue weighted by molar-refractivity contribution is 8.00. The molecule has 0 saturated heterocycles. The molecule has 2 aromatic carbocycles. The van der Waals surface area contributed by atoms with E-state index in [0.29, 0.717) is 11.1 Å². The first-order valence-corrected chi connectivity index (χ1v) is 9.67. The van der Waals surface area contributed by atoms with Crippen molar-refractivity contribution >= 4 is 27.5 Å². The maximum atomic E-state index is 12.8. The molecule has 0 unspecified atom stereocenters. The van der Waals surface area contributed by atoms with Crippen LogP contribution >= 0.6 is 11.8 Å². The fourth-order valence-corrected chi connectivity index (χ4v) is 4.81. The molecule has 25 heavy (non-hydrogen) atoms. The monoisotopic (exact) mass is 389 g/mol. The second-order valence-electron chi connectivity index (χ2n) is 5.77. The summed E-state index contributed by atoms with van der Waals surface area (Å²) >= 11 is -0.287. The van der Waals surface area contributed by atoms with Gasteiger partial charge < -0.3 is 0 Å². The number of alkyl halides is 3. The van der Waals surface area contributed by atoms with Gasteiger partial charge in [-0.2, -0.15) is 13.2 Å². The van der Waals surface area contributed by atoms with Gasteiger partial charge in [0.1, 0.15) is 0 Å². The minimum atomic E-state index is -4.43. The smallest absolute Gasteiger partial charge is 0.280 e. The quantitative estimate of drug-likeness (QED) is 0.719. The molecule has 0 atom stereocenters. The standard InChI is InChI=1S/C17H18F3NO2S2/c1-10-8-11(2)13(4)16(12(10)3)25(22,23)21-14-6-5-7-15(9-14)24-17(18,19)20/h5-9,21H,1-4H3. The number of benzene rings is 2. The number of aryl methyl sites for hydroxylation is 2. The Morgan fingerprint density at radius 3 is 2.04 bits per heavy atom. The molecule has 0 amide bonds. The Hall–Kier alpha value is -1.67. The van der Waals surface area contributed by atoms with Crippen molar-refractivity contribution in [1.29, 1.82) is 0 Å². The number of anilines is 1. The summed E-state index contributed by atoms with van der Waals surface area (Å²) in [4.78, 5) is 0.0837. The summed E-state index contributed by atoms with van der Waals surface area (Å²) in [5.74, 6) is 0. The lowest BCUT2D eigenvalue weighted by atomic mass is 10.0. The summed E-state index contributed by atoms with van der Waals surface area (Å²) in [6, 6.07) is 7.16. The van der Waals surface area contributed by atoms with Gasteiger partial charge in [-0.15, -0.1) is 0 Å². The van der Waals surface area contributed by atoms with Gasteiger partial charge in [-0.3, -0.25) is 4.72 Å². The van der Waals surface area contributed by atoms with Crippen LogP contribution < -0.4 is 4.72 Å². The Morgan fingerprint density at radius 1 is 0.960 bits per heavy atom. The average molecular weight is 389 g/mol. The first kappa shape index (κ1) is 19.7. The van der Waals surface area contributed by atoms with Crippen LogP contribution in [0.4, 0.5) is 18.9 Å². The van der Waals surface area contributed by atoms with E-state index < -0.39 is 15.5 Å². The Kier molecular flexibility index (Phi) is 5.44. The Bertz CT molecular complexity index is 881. The molecular weight excluding hydrogens is 371 g/mol. The topological polar surface area (TPSA) is 46.2 Å². The number of nitrogens with one attached hydrogen (secondary N) is 1. The molecule has 1 N–H and O–H groups in total. The van der Waals surface area contributed by atoms with Crippen LogP contribution in [0.2, 0.25) is 0 Å². The highest BCUT2D eigenvalue weighted by atomic mass is 32.2. The summed E-state index contributed by atoms with van der Waals surface area (Å²) in [5.41, 5.74) is -1.42. The molecular formula is C17H18F3NO2S2. The van der Waals surface area contributed by atoms with E-state index in [2.05, 4.69) is 4.72 Å². The van der Waals surface area contributed by atoms with Crippen LogP contribution in [0.5, 0.6) is 0 Å². The molecule has 2 rings (SSSR count). The summed E-state index contributed by atoms with van der Waals surface area (Å²) < 4.78 is 65.5. The van der Waals surface area contributed by atoms with E-state index in [9.17, 15) is 21.6 Å². The SMILES string of the molecule is Cc1cc(C)c(C)c(S(=O)(=O)Nc2cccc(SC(F)(F)F)c2)c1C. The van der Waals surface area contributed by atoms with Gasteiger partial charge in [-0.25, -0.2) is 8.42 Å². The van der Waals surface area contributed by atoms with Gasteiger partial charge in [-0.1, -0.05) is 12.1 Å². The van der Waals surface area contributed by atoms with Crippen molar-refractivity contribution in [2.75, 3.05) is 4.72 Å². The lowest BCUT2D eigenvalue weighted by Crippen LogP contribution is -2.17. The fourth-order valence-electron chi connectivity index (χ4n) is 2.55. The number of sulfonamides is 1. The third-order valence-corrected chi connectivity index (χ3v) is 6.26. The molecule has 0 spiro atoms. The molecule has 3 nitrogen and oxygen atoms in total. The summed E-state index contributed by atoms with van der Waals surface area (Å²) in [6.07, 6.45) is 0. The van der Waals surface area contributed by atoms with Gasteiger partial charge in [0.15, 0.2) is 0 Å². The van der Waals surface area contributed by atoms with Gasteiger partial charge >= 0.3 is 5.51 Å². The molecule has 0 heterocycles. The second kappa shape index (κ2) is 6.92. The Morgan fingerprint density at radius 2 is 1.52 bits per heavy atom. The largest absolute Gasteiger partial charge is 0.446 e. The number of thioether (sulfide) groups is 1. The third-order valence-electron chi connectivity index (χ3n) is 3.89. The molecule has 0 aliphatic heterocycles. The predicted molar refractivity (Wildman–Crippen MR) is 94.6 cm³/mol. The van der Waals surface area contributed by atoms with Gasteiger partial charge in [0.05, 0.1) is 4.90 Å². The van der Waals surface area contributed by atoms with Crippen LogP contribution in [0.3, 0.4) is 0 Å². The van der Waals surface area contributed by atoms with Gasteiger partial charge in [0.25, 0.3) is 10.0 Å². The van der Waals surface area contributed by atoms with E-state index in [1.165, 1.54) is 24.3 Å². The van der Waals surface area contributed by atoms with Crippen molar-refractivity contribution in [3.05, 3.63) is 52.6 Å². The normalized spacial score (nSPS) is 12.3. The Balaban J connectivity index is 2.43. The maximum absolute atomic E-state index is 12.8. The van der Waals surface area contributed by atoms with E-state index >= 15 is 0 Å². The molecule has 0 aliphatic carbocycles. The summed E-state index contributed by atoms with van der Waals surface area (Å²) in [5, 5.41) is 0. The van der Waals surface area contributed by atoms with Crippen LogP contribution in [-0.2, 0) is 10.0 Å². The fraction of sp³-hybridized carbons (Fsp3) is 0.294. The minimum absolute atomic E-state index is 0.0819. The van der Waals surface area contributed by atoms with E-state index in [0.717, 1.165) is 11.1 Å². The summed E-state index contributed by atoms with van der Waals surface area (Å²) in [7, 11) is -3.92. The van der Waals surface area contributed by atoms with Crippen molar-refractivity contribution in [2.24, 2.45) is 0 Å². The van der Waals surface area contributed by atoms with Crippen LogP contribution in [-0.4, -0.2) is 13.9 Å². The highest BCUT2D eigenvalue weighted by Crippen LogP contribution is 2.38. The molecule has 0 aliphatic rings. The Labute approximate surface area is 149 Å². The first-order chi connectivity index (χ1) is 11.4. The van der Waals surface area contributed by atoms with E-state index in [4.69, 9.17) is 0 Å². The van der Waals surface area contributed by atoms with Crippen LogP contribution in [0, 0.1) is 27.7 Å². The van der Waals surface area contributed by atoms with Crippen molar-refractivity contribution in [2.45, 2.75) is 43.0 Å². The van der Waals surface area contributed by atoms with Crippen molar-refractivity contribution in [1.82, 2.24) is 0 Å². The van der Waals surface area contributed by atoms with Gasteiger partial charge in [0.2, 0.25) is 0 Å². The molecule has 8 heteroatoms. The lowest BCUT2D eigenvalue weighted by Gasteiger charge is -2.17. The van der Waals surface area contributed by atoms with Crippen molar-refractivity contribution in [3.63, 3.8) is 0 Å². The van der Waals surface area contributed by atoms with Crippen LogP contribution in [0.15, 0.2) is 40.1 Å². The van der Waals surface area contributed by atoms with Crippen LogP contribution in [0.25, 0.3) is 0 Å². The van der Waals surface area contributed by atoms with Gasteiger partial charge in [0, 0.05) is 10.6 Å². The zero-order valence-electron chi connectivity index (χ0n) is 14.2. The van der Waals surface area contributed by atoms with Gasteiger partial charge in [-0.05, 0) is 79.9 Å². The molecule has 0 bridgehead atoms. The minimum Gasteiger partial charge on any atom is -0.280 e. The predicted octanol–water partition coefficient (Wildman–Crippen LogP) is 5.33.